The molecule has 0 amide bonds. The summed E-state index contributed by atoms with van der Waals surface area (Å²) in [5.74, 6) is 0. The van der Waals surface area contributed by atoms with Gasteiger partial charge in [-0.1, -0.05) is 25.4 Å². The Labute approximate surface area is 106 Å². The molecule has 0 spiro atoms. The normalized spacial score (nSPS) is 24.6. The van der Waals surface area contributed by atoms with Gasteiger partial charge in [0.2, 0.25) is 0 Å². The lowest BCUT2D eigenvalue weighted by molar-refractivity contribution is -0.121. The molecule has 0 radical (unpaired) electrons. The summed E-state index contributed by atoms with van der Waals surface area (Å²) in [7, 11) is 0. The van der Waals surface area contributed by atoms with Crippen LogP contribution in [0.2, 0.25) is 4.34 Å². The molecule has 2 rings (SSSR count). The van der Waals surface area contributed by atoms with Crippen LogP contribution in [0.5, 0.6) is 0 Å². The number of morpholine rings is 1. The highest BCUT2D eigenvalue weighted by Gasteiger charge is 2.35. The summed E-state index contributed by atoms with van der Waals surface area (Å²) in [6.07, 6.45) is 2.25. The molecule has 2 nitrogen and oxygen atoms in total. The molecule has 0 aliphatic carbocycles. The van der Waals surface area contributed by atoms with Gasteiger partial charge < -0.3 is 10.1 Å². The van der Waals surface area contributed by atoms with E-state index in [-0.39, 0.29) is 11.7 Å². The van der Waals surface area contributed by atoms with Crippen molar-refractivity contribution in [2.75, 3.05) is 13.1 Å². The van der Waals surface area contributed by atoms with E-state index in [2.05, 4.69) is 25.2 Å². The van der Waals surface area contributed by atoms with E-state index >= 15 is 0 Å². The van der Waals surface area contributed by atoms with Crippen molar-refractivity contribution in [3.63, 3.8) is 0 Å². The second-order valence-corrected chi connectivity index (χ2v) is 6.02. The molecule has 1 saturated heterocycles. The number of halogens is 1. The molecule has 0 bridgehead atoms. The van der Waals surface area contributed by atoms with E-state index in [1.807, 2.05) is 6.07 Å². The minimum Gasteiger partial charge on any atom is -0.364 e. The van der Waals surface area contributed by atoms with Gasteiger partial charge in [-0.15, -0.1) is 11.3 Å². The van der Waals surface area contributed by atoms with Crippen molar-refractivity contribution in [1.82, 2.24) is 5.32 Å². The molecule has 1 aromatic rings. The van der Waals surface area contributed by atoms with Crippen molar-refractivity contribution in [3.05, 3.63) is 21.3 Å². The third-order valence-corrected chi connectivity index (χ3v) is 4.69. The Bertz CT molecular complexity index is 349. The van der Waals surface area contributed by atoms with Crippen LogP contribution >= 0.6 is 22.9 Å². The summed E-state index contributed by atoms with van der Waals surface area (Å²) in [5.41, 5.74) is -0.000612. The van der Waals surface area contributed by atoms with Gasteiger partial charge in [-0.3, -0.25) is 0 Å². The zero-order valence-electron chi connectivity index (χ0n) is 9.75. The fourth-order valence-corrected chi connectivity index (χ4v) is 3.23. The van der Waals surface area contributed by atoms with E-state index in [4.69, 9.17) is 16.3 Å². The summed E-state index contributed by atoms with van der Waals surface area (Å²) in [6.45, 7) is 6.22. The van der Waals surface area contributed by atoms with E-state index in [1.165, 1.54) is 4.88 Å². The molecule has 1 aromatic heterocycles. The largest absolute Gasteiger partial charge is 0.364 e. The molecule has 1 atom stereocenters. The maximum Gasteiger partial charge on any atom is 0.105 e. The third-order valence-electron chi connectivity index (χ3n) is 3.37. The topological polar surface area (TPSA) is 21.3 Å². The Morgan fingerprint density at radius 1 is 1.50 bits per heavy atom. The molecule has 1 fully saturated rings. The fourth-order valence-electron chi connectivity index (χ4n) is 2.14. The second-order valence-electron chi connectivity index (χ2n) is 4.27. The van der Waals surface area contributed by atoms with Crippen LogP contribution in [0.1, 0.15) is 37.7 Å². The van der Waals surface area contributed by atoms with Crippen molar-refractivity contribution in [2.24, 2.45) is 0 Å². The maximum atomic E-state index is 6.26. The summed E-state index contributed by atoms with van der Waals surface area (Å²) in [4.78, 5) is 1.23. The van der Waals surface area contributed by atoms with E-state index in [1.54, 1.807) is 11.3 Å². The first-order chi connectivity index (χ1) is 7.69. The number of ether oxygens (including phenoxy) is 1. The van der Waals surface area contributed by atoms with Crippen molar-refractivity contribution in [1.29, 1.82) is 0 Å². The summed E-state index contributed by atoms with van der Waals surface area (Å²) in [6, 6.07) is 4.01. The molecule has 4 heteroatoms. The van der Waals surface area contributed by atoms with Crippen LogP contribution in [0.4, 0.5) is 0 Å². The molecule has 16 heavy (non-hydrogen) atoms. The molecule has 2 heterocycles. The monoisotopic (exact) mass is 259 g/mol. The van der Waals surface area contributed by atoms with Crippen LogP contribution in [-0.4, -0.2) is 18.7 Å². The first kappa shape index (κ1) is 12.4. The van der Waals surface area contributed by atoms with Gasteiger partial charge in [0.25, 0.3) is 0 Å². The van der Waals surface area contributed by atoms with Crippen molar-refractivity contribution in [2.45, 2.75) is 38.4 Å². The number of thiophene rings is 1. The second kappa shape index (κ2) is 5.05. The third kappa shape index (κ3) is 2.43. The van der Waals surface area contributed by atoms with Crippen LogP contribution in [0, 0.1) is 0 Å². The van der Waals surface area contributed by atoms with Crippen molar-refractivity contribution < 1.29 is 4.74 Å². The van der Waals surface area contributed by atoms with E-state index in [0.29, 0.717) is 0 Å². The number of rotatable bonds is 3. The highest BCUT2D eigenvalue weighted by atomic mass is 35.5. The van der Waals surface area contributed by atoms with Gasteiger partial charge in [-0.2, -0.15) is 0 Å². The van der Waals surface area contributed by atoms with Crippen molar-refractivity contribution in [3.8, 4) is 0 Å². The molecule has 1 aliphatic rings. The maximum absolute atomic E-state index is 6.26. The molecule has 1 N–H and O–H groups in total. The smallest absolute Gasteiger partial charge is 0.105 e. The van der Waals surface area contributed by atoms with Crippen LogP contribution in [0.15, 0.2) is 12.1 Å². The predicted molar refractivity (Wildman–Crippen MR) is 69.3 cm³/mol. The Hall–Kier alpha value is -0.0900. The van der Waals surface area contributed by atoms with Crippen molar-refractivity contribution >= 4 is 22.9 Å². The van der Waals surface area contributed by atoms with Gasteiger partial charge in [0, 0.05) is 18.0 Å². The lowest BCUT2D eigenvalue weighted by atomic mass is 9.95. The Morgan fingerprint density at radius 3 is 2.81 bits per heavy atom. The van der Waals surface area contributed by atoms with Gasteiger partial charge >= 0.3 is 0 Å². The minimum atomic E-state index is -0.000612. The lowest BCUT2D eigenvalue weighted by Crippen LogP contribution is -2.50. The highest BCUT2D eigenvalue weighted by molar-refractivity contribution is 7.16. The molecule has 1 aliphatic heterocycles. The zero-order chi connectivity index (χ0) is 11.6. The summed E-state index contributed by atoms with van der Waals surface area (Å²) < 4.78 is 7.10. The lowest BCUT2D eigenvalue weighted by Gasteiger charge is -2.40. The quantitative estimate of drug-likeness (QED) is 0.895. The van der Waals surface area contributed by atoms with Crippen LogP contribution in [0.3, 0.4) is 0 Å². The molecule has 0 aromatic carbocycles. The Morgan fingerprint density at radius 2 is 2.25 bits per heavy atom. The number of nitrogens with one attached hydrogen (secondary N) is 1. The van der Waals surface area contributed by atoms with E-state index in [0.717, 1.165) is 30.3 Å². The first-order valence-electron chi connectivity index (χ1n) is 5.83. The van der Waals surface area contributed by atoms with E-state index in [9.17, 15) is 0 Å². The number of hydrogen-bond acceptors (Lipinski definition) is 3. The summed E-state index contributed by atoms with van der Waals surface area (Å²) >= 11 is 7.58. The Balaban J connectivity index is 2.12. The SMILES string of the molecule is CCC1(CC)CNCC(c2ccc(Cl)s2)O1. The van der Waals surface area contributed by atoms with Crippen LogP contribution in [-0.2, 0) is 4.74 Å². The standard InChI is InChI=1S/C12H18ClNOS/c1-3-12(4-2)8-14-7-9(15-12)10-5-6-11(13)16-10/h5-6,9,14H,3-4,7-8H2,1-2H3. The first-order valence-corrected chi connectivity index (χ1v) is 7.02. The molecular weight excluding hydrogens is 242 g/mol. The zero-order valence-corrected chi connectivity index (χ0v) is 11.3. The molecule has 0 saturated carbocycles. The van der Waals surface area contributed by atoms with Gasteiger partial charge in [-0.25, -0.2) is 0 Å². The molecular formula is C12H18ClNOS. The van der Waals surface area contributed by atoms with Gasteiger partial charge in [0.05, 0.1) is 9.94 Å². The fraction of sp³-hybridized carbons (Fsp3) is 0.667. The average Bonchev–Trinajstić information content (AvgIpc) is 2.76. The Kier molecular flexibility index (Phi) is 3.90. The minimum absolute atomic E-state index is 0.000612. The molecule has 90 valence electrons. The van der Waals surface area contributed by atoms with Crippen LogP contribution < -0.4 is 5.32 Å². The molecule has 1 unspecified atom stereocenters. The van der Waals surface area contributed by atoms with Gasteiger partial charge in [-0.05, 0) is 25.0 Å². The van der Waals surface area contributed by atoms with Gasteiger partial charge in [0.1, 0.15) is 6.10 Å². The van der Waals surface area contributed by atoms with Gasteiger partial charge in [0.15, 0.2) is 0 Å². The number of hydrogen-bond donors (Lipinski definition) is 1. The average molecular weight is 260 g/mol. The summed E-state index contributed by atoms with van der Waals surface area (Å²) in [5, 5.41) is 3.47. The highest BCUT2D eigenvalue weighted by Crippen LogP contribution is 2.35. The van der Waals surface area contributed by atoms with E-state index < -0.39 is 0 Å². The van der Waals surface area contributed by atoms with Crippen LogP contribution in [0.25, 0.3) is 0 Å². The predicted octanol–water partition coefficient (Wildman–Crippen LogP) is 3.62.